The van der Waals surface area contributed by atoms with Crippen molar-refractivity contribution in [1.29, 1.82) is 0 Å². The van der Waals surface area contributed by atoms with E-state index in [9.17, 15) is 13.6 Å². The predicted octanol–water partition coefficient (Wildman–Crippen LogP) is 1.84. The number of hydrogen-bond donors (Lipinski definition) is 1. The lowest BCUT2D eigenvalue weighted by atomic mass is 10.2. The van der Waals surface area contributed by atoms with Crippen LogP contribution in [0.3, 0.4) is 0 Å². The molecule has 6 nitrogen and oxygen atoms in total. The number of carboxylic acid groups (broad SMARTS) is 1. The highest BCUT2D eigenvalue weighted by Gasteiger charge is 2.09. The Morgan fingerprint density at radius 2 is 2.05 bits per heavy atom. The molecule has 0 aromatic carbocycles. The van der Waals surface area contributed by atoms with Crippen LogP contribution >= 0.6 is 0 Å². The zero-order valence-electron chi connectivity index (χ0n) is 9.33. The maximum absolute atomic E-state index is 11.9. The molecule has 2 heterocycles. The zero-order chi connectivity index (χ0) is 13.8. The Kier molecular flexibility index (Phi) is 3.60. The topological polar surface area (TPSA) is 85.2 Å². The van der Waals surface area contributed by atoms with Crippen LogP contribution in [0.25, 0.3) is 11.3 Å². The number of rotatable bonds is 4. The first kappa shape index (κ1) is 12.8. The Morgan fingerprint density at radius 3 is 2.63 bits per heavy atom. The van der Waals surface area contributed by atoms with Crippen LogP contribution in [0.15, 0.2) is 30.7 Å². The summed E-state index contributed by atoms with van der Waals surface area (Å²) >= 11 is 0. The number of carboxylic acids is 1. The van der Waals surface area contributed by atoms with Crippen LogP contribution in [0.2, 0.25) is 0 Å². The smallest absolute Gasteiger partial charge is 0.388 e. The minimum absolute atomic E-state index is 0.217. The lowest BCUT2D eigenvalue weighted by Crippen LogP contribution is -2.04. The van der Waals surface area contributed by atoms with Crippen molar-refractivity contribution < 1.29 is 23.4 Å². The molecule has 0 radical (unpaired) electrons. The fraction of sp³-hybridized carbons (Fsp3) is 0.0909. The molecule has 8 heteroatoms. The standard InChI is InChI=1S/C11H7F2N3O3/c12-11(13)19-9-2-1-6(3-15-9)7-4-14-5-8(16-7)10(17)18/h1-5,11H,(H,17,18). The third kappa shape index (κ3) is 3.18. The number of hydrogen-bond acceptors (Lipinski definition) is 5. The summed E-state index contributed by atoms with van der Waals surface area (Å²) in [7, 11) is 0. The molecule has 0 fully saturated rings. The quantitative estimate of drug-likeness (QED) is 0.909. The van der Waals surface area contributed by atoms with Crippen LogP contribution in [-0.2, 0) is 0 Å². The molecule has 1 N–H and O–H groups in total. The number of halogens is 2. The first-order chi connectivity index (χ1) is 9.06. The molecule has 2 aromatic heterocycles. The number of aromatic nitrogens is 3. The maximum atomic E-state index is 11.9. The molecule has 0 aliphatic carbocycles. The summed E-state index contributed by atoms with van der Waals surface area (Å²) < 4.78 is 28.0. The zero-order valence-corrected chi connectivity index (χ0v) is 9.33. The summed E-state index contributed by atoms with van der Waals surface area (Å²) in [6, 6.07) is 2.66. The van der Waals surface area contributed by atoms with Gasteiger partial charge in [0.1, 0.15) is 0 Å². The van der Waals surface area contributed by atoms with Gasteiger partial charge in [0, 0.05) is 17.8 Å². The Bertz CT molecular complexity index is 590. The van der Waals surface area contributed by atoms with E-state index < -0.39 is 12.6 Å². The van der Waals surface area contributed by atoms with Crippen molar-refractivity contribution in [2.75, 3.05) is 0 Å². The van der Waals surface area contributed by atoms with E-state index in [2.05, 4.69) is 19.7 Å². The second kappa shape index (κ2) is 5.34. The molecule has 98 valence electrons. The van der Waals surface area contributed by atoms with Crippen LogP contribution in [0.1, 0.15) is 10.5 Å². The normalized spacial score (nSPS) is 10.5. The maximum Gasteiger partial charge on any atom is 0.388 e. The minimum Gasteiger partial charge on any atom is -0.476 e. The Labute approximate surface area is 105 Å². The van der Waals surface area contributed by atoms with Gasteiger partial charge in [0.15, 0.2) is 5.69 Å². The molecule has 0 unspecified atom stereocenters. The molecule has 0 atom stereocenters. The highest BCUT2D eigenvalue weighted by molar-refractivity contribution is 5.85. The molecule has 2 rings (SSSR count). The third-order valence-corrected chi connectivity index (χ3v) is 2.10. The summed E-state index contributed by atoms with van der Waals surface area (Å²) in [4.78, 5) is 22.0. The van der Waals surface area contributed by atoms with Crippen molar-refractivity contribution in [3.05, 3.63) is 36.4 Å². The fourth-order valence-electron chi connectivity index (χ4n) is 1.30. The first-order valence-electron chi connectivity index (χ1n) is 5.03. The molecule has 2 aromatic rings. The monoisotopic (exact) mass is 267 g/mol. The lowest BCUT2D eigenvalue weighted by molar-refractivity contribution is -0.0528. The van der Waals surface area contributed by atoms with Gasteiger partial charge in [0.2, 0.25) is 5.88 Å². The largest absolute Gasteiger partial charge is 0.476 e. The number of alkyl halides is 2. The third-order valence-electron chi connectivity index (χ3n) is 2.10. The number of pyridine rings is 1. The van der Waals surface area contributed by atoms with Gasteiger partial charge in [0.05, 0.1) is 18.1 Å². The Morgan fingerprint density at radius 1 is 1.26 bits per heavy atom. The highest BCUT2D eigenvalue weighted by Crippen LogP contribution is 2.18. The lowest BCUT2D eigenvalue weighted by Gasteiger charge is -2.04. The number of ether oxygens (including phenoxy) is 1. The Balaban J connectivity index is 2.27. The summed E-state index contributed by atoms with van der Waals surface area (Å²) in [5.41, 5.74) is 0.499. The van der Waals surface area contributed by atoms with Gasteiger partial charge in [-0.05, 0) is 6.07 Å². The van der Waals surface area contributed by atoms with E-state index in [1.54, 1.807) is 0 Å². The molecule has 0 saturated heterocycles. The van der Waals surface area contributed by atoms with Crippen molar-refractivity contribution in [1.82, 2.24) is 15.0 Å². The van der Waals surface area contributed by atoms with E-state index in [0.29, 0.717) is 5.56 Å². The fourth-order valence-corrected chi connectivity index (χ4v) is 1.30. The average Bonchev–Trinajstić information content (AvgIpc) is 2.39. The van der Waals surface area contributed by atoms with Gasteiger partial charge in [-0.25, -0.2) is 14.8 Å². The van der Waals surface area contributed by atoms with E-state index in [4.69, 9.17) is 5.11 Å². The minimum atomic E-state index is -2.95. The van der Waals surface area contributed by atoms with E-state index in [0.717, 1.165) is 6.20 Å². The number of carbonyl (C=O) groups is 1. The molecule has 0 bridgehead atoms. The van der Waals surface area contributed by atoms with Crippen molar-refractivity contribution >= 4 is 5.97 Å². The summed E-state index contributed by atoms with van der Waals surface area (Å²) in [6.45, 7) is -2.95. The second-order valence-corrected chi connectivity index (χ2v) is 3.36. The first-order valence-corrected chi connectivity index (χ1v) is 5.03. The van der Waals surface area contributed by atoms with E-state index in [1.165, 1.54) is 24.5 Å². The summed E-state index contributed by atoms with van der Waals surface area (Å²) in [6.07, 6.45) is 3.69. The van der Waals surface area contributed by atoms with E-state index in [1.807, 2.05) is 0 Å². The van der Waals surface area contributed by atoms with E-state index in [-0.39, 0.29) is 17.3 Å². The average molecular weight is 267 g/mol. The summed E-state index contributed by atoms with van der Waals surface area (Å²) in [5, 5.41) is 8.78. The van der Waals surface area contributed by atoms with Crippen LogP contribution < -0.4 is 4.74 Å². The number of aromatic carboxylic acids is 1. The van der Waals surface area contributed by atoms with Gasteiger partial charge < -0.3 is 9.84 Å². The van der Waals surface area contributed by atoms with Gasteiger partial charge >= 0.3 is 12.6 Å². The summed E-state index contributed by atoms with van der Waals surface area (Å²) in [5.74, 6) is -1.44. The Hall–Kier alpha value is -2.64. The highest BCUT2D eigenvalue weighted by atomic mass is 19.3. The van der Waals surface area contributed by atoms with Crippen molar-refractivity contribution in [2.45, 2.75) is 6.61 Å². The van der Waals surface area contributed by atoms with Gasteiger partial charge in [-0.15, -0.1) is 0 Å². The predicted molar refractivity (Wildman–Crippen MR) is 58.9 cm³/mol. The van der Waals surface area contributed by atoms with Gasteiger partial charge in [-0.1, -0.05) is 0 Å². The molecular weight excluding hydrogens is 260 g/mol. The van der Waals surface area contributed by atoms with Crippen LogP contribution in [-0.4, -0.2) is 32.6 Å². The van der Waals surface area contributed by atoms with Crippen molar-refractivity contribution in [3.63, 3.8) is 0 Å². The molecular formula is C11H7F2N3O3. The molecule has 0 saturated carbocycles. The molecule has 19 heavy (non-hydrogen) atoms. The van der Waals surface area contributed by atoms with E-state index >= 15 is 0 Å². The second-order valence-electron chi connectivity index (χ2n) is 3.36. The number of nitrogens with zero attached hydrogens (tertiary/aromatic N) is 3. The molecule has 0 amide bonds. The molecule has 0 aliphatic rings. The van der Waals surface area contributed by atoms with Crippen molar-refractivity contribution in [2.24, 2.45) is 0 Å². The van der Waals surface area contributed by atoms with Crippen LogP contribution in [0, 0.1) is 0 Å². The molecule has 0 spiro atoms. The molecule has 0 aliphatic heterocycles. The van der Waals surface area contributed by atoms with Gasteiger partial charge in [-0.2, -0.15) is 8.78 Å². The van der Waals surface area contributed by atoms with Gasteiger partial charge in [-0.3, -0.25) is 4.98 Å². The van der Waals surface area contributed by atoms with Crippen LogP contribution in [0.4, 0.5) is 8.78 Å². The van der Waals surface area contributed by atoms with Crippen LogP contribution in [0.5, 0.6) is 5.88 Å². The SMILES string of the molecule is O=C(O)c1cncc(-c2ccc(OC(F)F)nc2)n1. The van der Waals surface area contributed by atoms with Gasteiger partial charge in [0.25, 0.3) is 0 Å². The van der Waals surface area contributed by atoms with Crippen molar-refractivity contribution in [3.8, 4) is 17.1 Å².